The molecule has 1 N–H and O–H groups in total. The summed E-state index contributed by atoms with van der Waals surface area (Å²) < 4.78 is 7.30. The van der Waals surface area contributed by atoms with Crippen LogP contribution in [0.25, 0.3) is 0 Å². The topological polar surface area (TPSA) is 64.9 Å². The minimum absolute atomic E-state index is 0.212. The minimum atomic E-state index is -0.212. The van der Waals surface area contributed by atoms with Gasteiger partial charge in [0.05, 0.1) is 31.1 Å². The fourth-order valence-electron chi connectivity index (χ4n) is 2.60. The van der Waals surface area contributed by atoms with Crippen LogP contribution in [0.4, 0.5) is 0 Å². The van der Waals surface area contributed by atoms with Gasteiger partial charge in [0.1, 0.15) is 11.4 Å². The highest BCUT2D eigenvalue weighted by molar-refractivity contribution is 5.41. The van der Waals surface area contributed by atoms with Gasteiger partial charge in [-0.3, -0.25) is 4.98 Å². The van der Waals surface area contributed by atoms with Gasteiger partial charge < -0.3 is 10.1 Å². The molecule has 0 spiro atoms. The van der Waals surface area contributed by atoms with Gasteiger partial charge >= 0.3 is 0 Å². The van der Waals surface area contributed by atoms with E-state index in [0.717, 1.165) is 34.8 Å². The third-order valence-electron chi connectivity index (χ3n) is 4.19. The second kappa shape index (κ2) is 7.30. The quantitative estimate of drug-likeness (QED) is 0.845. The first-order valence-corrected chi connectivity index (χ1v) is 8.39. The highest BCUT2D eigenvalue weighted by Gasteiger charge is 2.24. The van der Waals surface area contributed by atoms with Gasteiger partial charge in [-0.05, 0) is 40.2 Å². The van der Waals surface area contributed by atoms with E-state index in [4.69, 9.17) is 4.74 Å². The first kappa shape index (κ1) is 18.4. The van der Waals surface area contributed by atoms with Gasteiger partial charge in [-0.2, -0.15) is 0 Å². The molecule has 0 amide bonds. The first-order valence-electron chi connectivity index (χ1n) is 8.39. The Kier molecular flexibility index (Phi) is 5.59. The lowest BCUT2D eigenvalue weighted by Crippen LogP contribution is -2.39. The zero-order chi connectivity index (χ0) is 17.9. The third kappa shape index (κ3) is 4.12. The van der Waals surface area contributed by atoms with Gasteiger partial charge in [0, 0.05) is 17.3 Å². The molecule has 0 aliphatic rings. The van der Waals surface area contributed by atoms with Crippen LogP contribution in [0.3, 0.4) is 0 Å². The van der Waals surface area contributed by atoms with Crippen molar-refractivity contribution in [2.24, 2.45) is 5.92 Å². The Balaban J connectivity index is 2.17. The Labute approximate surface area is 144 Å². The molecule has 0 aliphatic carbocycles. The van der Waals surface area contributed by atoms with E-state index in [-0.39, 0.29) is 5.54 Å². The zero-order valence-electron chi connectivity index (χ0n) is 15.8. The van der Waals surface area contributed by atoms with Gasteiger partial charge in [-0.25, -0.2) is 4.68 Å². The Morgan fingerprint density at radius 1 is 1.29 bits per heavy atom. The largest absolute Gasteiger partial charge is 0.496 e. The van der Waals surface area contributed by atoms with Gasteiger partial charge in [0.2, 0.25) is 0 Å². The van der Waals surface area contributed by atoms with E-state index in [9.17, 15) is 0 Å². The molecule has 0 fully saturated rings. The number of hydrogen-bond donors (Lipinski definition) is 1. The summed E-state index contributed by atoms with van der Waals surface area (Å²) in [6, 6.07) is 0. The summed E-state index contributed by atoms with van der Waals surface area (Å²) in [5, 5.41) is 12.2. The number of nitrogens with one attached hydrogen (secondary N) is 1. The minimum Gasteiger partial charge on any atom is -0.496 e. The Bertz CT molecular complexity index is 691. The molecule has 24 heavy (non-hydrogen) atoms. The van der Waals surface area contributed by atoms with E-state index in [0.29, 0.717) is 12.5 Å². The molecule has 2 heterocycles. The first-order chi connectivity index (χ1) is 11.2. The van der Waals surface area contributed by atoms with Crippen molar-refractivity contribution < 1.29 is 4.74 Å². The van der Waals surface area contributed by atoms with Crippen molar-refractivity contribution in [3.8, 4) is 5.75 Å². The molecule has 6 nitrogen and oxygen atoms in total. The number of methoxy groups -OCH3 is 1. The molecule has 0 bridgehead atoms. The fraction of sp³-hybridized carbons (Fsp3) is 0.611. The van der Waals surface area contributed by atoms with Crippen LogP contribution in [-0.4, -0.2) is 33.6 Å². The molecule has 2 aromatic heterocycles. The Hall–Kier alpha value is -1.95. The molecule has 2 aromatic rings. The molecule has 2 rings (SSSR count). The van der Waals surface area contributed by atoms with Crippen LogP contribution >= 0.6 is 0 Å². The van der Waals surface area contributed by atoms with Crippen LogP contribution in [0.1, 0.15) is 50.2 Å². The maximum absolute atomic E-state index is 5.47. The number of rotatable bonds is 7. The monoisotopic (exact) mass is 331 g/mol. The molecular weight excluding hydrogens is 302 g/mol. The summed E-state index contributed by atoms with van der Waals surface area (Å²) in [6.07, 6.45) is 3.83. The van der Waals surface area contributed by atoms with E-state index in [1.807, 2.05) is 30.9 Å². The summed E-state index contributed by atoms with van der Waals surface area (Å²) in [5.41, 5.74) is 3.75. The predicted octanol–water partition coefficient (Wildman–Crippen LogP) is 2.83. The standard InChI is InChI=1S/C18H29N5O/c1-12(2)8-20-18(5,6)16-11-23(22-21-16)10-15-14(4)17(24-7)13(3)9-19-15/h9,11-12,20H,8,10H2,1-7H3. The summed E-state index contributed by atoms with van der Waals surface area (Å²) in [4.78, 5) is 4.53. The summed E-state index contributed by atoms with van der Waals surface area (Å²) in [5.74, 6) is 1.48. The van der Waals surface area contributed by atoms with Gasteiger partial charge in [-0.15, -0.1) is 5.10 Å². The second-order valence-corrected chi connectivity index (χ2v) is 7.25. The second-order valence-electron chi connectivity index (χ2n) is 7.25. The average Bonchev–Trinajstić information content (AvgIpc) is 2.98. The van der Waals surface area contributed by atoms with E-state index in [1.54, 1.807) is 7.11 Å². The van der Waals surface area contributed by atoms with Crippen molar-refractivity contribution in [2.45, 2.75) is 53.6 Å². The molecule has 6 heteroatoms. The lowest BCUT2D eigenvalue weighted by atomic mass is 10.0. The maximum atomic E-state index is 5.47. The highest BCUT2D eigenvalue weighted by atomic mass is 16.5. The summed E-state index contributed by atoms with van der Waals surface area (Å²) in [7, 11) is 1.69. The highest BCUT2D eigenvalue weighted by Crippen LogP contribution is 2.24. The molecule has 0 unspecified atom stereocenters. The van der Waals surface area contributed by atoms with Crippen molar-refractivity contribution in [3.63, 3.8) is 0 Å². The van der Waals surface area contributed by atoms with Crippen molar-refractivity contribution >= 4 is 0 Å². The molecule has 0 aromatic carbocycles. The number of ether oxygens (including phenoxy) is 1. The fourth-order valence-corrected chi connectivity index (χ4v) is 2.60. The van der Waals surface area contributed by atoms with Crippen molar-refractivity contribution in [2.75, 3.05) is 13.7 Å². The average molecular weight is 331 g/mol. The van der Waals surface area contributed by atoms with Crippen LogP contribution in [0.2, 0.25) is 0 Å². The smallest absolute Gasteiger partial charge is 0.128 e. The number of hydrogen-bond acceptors (Lipinski definition) is 5. The lowest BCUT2D eigenvalue weighted by Gasteiger charge is -2.24. The van der Waals surface area contributed by atoms with Crippen LogP contribution in [0, 0.1) is 19.8 Å². The maximum Gasteiger partial charge on any atom is 0.128 e. The number of pyridine rings is 1. The molecule has 132 valence electrons. The summed E-state index contributed by atoms with van der Waals surface area (Å²) in [6.45, 7) is 14.2. The van der Waals surface area contributed by atoms with E-state index in [1.165, 1.54) is 0 Å². The third-order valence-corrected chi connectivity index (χ3v) is 4.19. The molecule has 0 atom stereocenters. The van der Waals surface area contributed by atoms with E-state index in [2.05, 4.69) is 48.3 Å². The molecule has 0 radical (unpaired) electrons. The normalized spacial score (nSPS) is 12.0. The van der Waals surface area contributed by atoms with Crippen molar-refractivity contribution in [3.05, 3.63) is 34.9 Å². The zero-order valence-corrected chi connectivity index (χ0v) is 15.8. The summed E-state index contributed by atoms with van der Waals surface area (Å²) >= 11 is 0. The number of nitrogens with zero attached hydrogens (tertiary/aromatic N) is 4. The predicted molar refractivity (Wildman–Crippen MR) is 95.3 cm³/mol. The van der Waals surface area contributed by atoms with Crippen LogP contribution < -0.4 is 10.1 Å². The molecule has 0 saturated carbocycles. The SMILES string of the molecule is COc1c(C)cnc(Cn2cc(C(C)(C)NCC(C)C)nn2)c1C. The number of aryl methyl sites for hydroxylation is 1. The van der Waals surface area contributed by atoms with E-state index >= 15 is 0 Å². The van der Waals surface area contributed by atoms with Gasteiger partial charge in [0.25, 0.3) is 0 Å². The van der Waals surface area contributed by atoms with Gasteiger partial charge in [-0.1, -0.05) is 19.1 Å². The molecule has 0 aliphatic heterocycles. The number of aromatic nitrogens is 4. The van der Waals surface area contributed by atoms with Crippen LogP contribution in [0.15, 0.2) is 12.4 Å². The Morgan fingerprint density at radius 2 is 2.00 bits per heavy atom. The lowest BCUT2D eigenvalue weighted by molar-refractivity contribution is 0.365. The van der Waals surface area contributed by atoms with Crippen molar-refractivity contribution in [1.29, 1.82) is 0 Å². The molecular formula is C18H29N5O. The Morgan fingerprint density at radius 3 is 2.62 bits per heavy atom. The van der Waals surface area contributed by atoms with Gasteiger partial charge in [0.15, 0.2) is 0 Å². The van der Waals surface area contributed by atoms with Crippen molar-refractivity contribution in [1.82, 2.24) is 25.3 Å². The molecule has 0 saturated heterocycles. The van der Waals surface area contributed by atoms with E-state index < -0.39 is 0 Å². The van der Waals surface area contributed by atoms with Crippen LogP contribution in [0.5, 0.6) is 5.75 Å². The van der Waals surface area contributed by atoms with Crippen LogP contribution in [-0.2, 0) is 12.1 Å².